The van der Waals surface area contributed by atoms with Gasteiger partial charge in [0.1, 0.15) is 17.2 Å². The Balaban J connectivity index is 1.31. The number of aliphatic hydroxyl groups is 1. The summed E-state index contributed by atoms with van der Waals surface area (Å²) in [4.78, 5) is 30.6. The number of imidazole rings is 1. The number of carbonyl (C=O) groups excluding carboxylic acids is 2. The highest BCUT2D eigenvalue weighted by Gasteiger charge is 2.70. The molecule has 10 heteroatoms. The molecule has 0 amide bonds. The number of esters is 1. The third kappa shape index (κ3) is 4.33. The first-order valence-corrected chi connectivity index (χ1v) is 15.0. The lowest BCUT2D eigenvalue weighted by Gasteiger charge is -2.60. The molecule has 42 heavy (non-hydrogen) atoms. The summed E-state index contributed by atoms with van der Waals surface area (Å²) in [5.41, 5.74) is 1.47. The van der Waals surface area contributed by atoms with E-state index >= 15 is 0 Å². The van der Waals surface area contributed by atoms with Crippen molar-refractivity contribution >= 4 is 35.6 Å². The van der Waals surface area contributed by atoms with Crippen molar-refractivity contribution < 1.29 is 29.1 Å². The highest BCUT2D eigenvalue weighted by molar-refractivity contribution is 7.96. The molecule has 1 aromatic heterocycles. The molecule has 0 spiro atoms. The number of carbonyl (C=O) groups is 2. The molecule has 2 aromatic rings. The molecular weight excluding hydrogens is 555 g/mol. The molecule has 1 heterocycles. The average molecular weight is 594 g/mol. The maximum Gasteiger partial charge on any atom is 0.359 e. The van der Waals surface area contributed by atoms with Gasteiger partial charge in [-0.25, -0.2) is 14.2 Å². The third-order valence-electron chi connectivity index (χ3n) is 10.9. The minimum atomic E-state index is -1.46. The molecule has 4 N–H and O–H groups in total. The lowest BCUT2D eigenvalue weighted by Crippen LogP contribution is -2.76. The minimum absolute atomic E-state index is 0.0523. The minimum Gasteiger partial charge on any atom is -0.445 e. The van der Waals surface area contributed by atoms with Gasteiger partial charge in [0.15, 0.2) is 11.3 Å². The number of nitrogens with zero attached hydrogens (tertiary/aromatic N) is 2. The van der Waals surface area contributed by atoms with E-state index < -0.39 is 28.2 Å². The van der Waals surface area contributed by atoms with Crippen LogP contribution in [0.3, 0.4) is 0 Å². The Morgan fingerprint density at radius 2 is 2.00 bits per heavy atom. The molecule has 0 radical (unpaired) electrons. The number of nitrogens with one attached hydrogen (secondary N) is 1. The number of hydrogen-bond donors (Lipinski definition) is 4. The number of nitrogens with two attached hydrogens (primary N) is 1. The summed E-state index contributed by atoms with van der Waals surface area (Å²) in [5, 5.41) is 21.7. The van der Waals surface area contributed by atoms with Crippen LogP contribution < -0.4 is 5.32 Å². The van der Waals surface area contributed by atoms with E-state index in [1.165, 1.54) is 30.2 Å². The van der Waals surface area contributed by atoms with Crippen molar-refractivity contribution in [1.29, 1.82) is 5.41 Å². The summed E-state index contributed by atoms with van der Waals surface area (Å²) in [5.74, 6) is -0.859. The van der Waals surface area contributed by atoms with Gasteiger partial charge in [0.2, 0.25) is 5.12 Å². The third-order valence-corrected chi connectivity index (χ3v) is 11.3. The van der Waals surface area contributed by atoms with Gasteiger partial charge >= 0.3 is 5.97 Å². The van der Waals surface area contributed by atoms with Gasteiger partial charge in [-0.05, 0) is 79.9 Å². The second kappa shape index (κ2) is 10.3. The van der Waals surface area contributed by atoms with Gasteiger partial charge in [0, 0.05) is 42.6 Å². The van der Waals surface area contributed by atoms with Gasteiger partial charge in [-0.1, -0.05) is 19.4 Å². The standard InChI is InChI=1S/C32H37FN4O4S/c1-30-13-18(15-34)24(36-21-7-5-20(33)6-8-21)12-19(30)4-9-22-23-10-11-32(29(40)42,31(23,2)14-26(38)27(22)30)41-28(39)25-16-37(3)17-35-25/h5-8,12,15-17,22-23,26-27,34,36,38H,4,9-11,13-14H2,1-3H3,(H,40,42)/p+1/t22-,23-,26-,27?,30-,31-,32-/m0/s1. The summed E-state index contributed by atoms with van der Waals surface area (Å²) in [6.45, 7) is 4.18. The summed E-state index contributed by atoms with van der Waals surface area (Å²) in [6.07, 6.45) is 9.54. The number of halogens is 1. The Morgan fingerprint density at radius 1 is 1.26 bits per heavy atom. The number of allylic oxidation sites excluding steroid dienone is 3. The monoisotopic (exact) mass is 593 g/mol. The van der Waals surface area contributed by atoms with Gasteiger partial charge in [0.25, 0.3) is 0 Å². The average Bonchev–Trinajstić information content (AvgIpc) is 3.50. The Morgan fingerprint density at radius 3 is 2.64 bits per heavy atom. The van der Waals surface area contributed by atoms with Crippen LogP contribution in [-0.4, -0.2) is 43.7 Å². The lowest BCUT2D eigenvalue weighted by molar-refractivity contribution is -0.513. The van der Waals surface area contributed by atoms with Gasteiger partial charge in [0.05, 0.1) is 12.4 Å². The number of aromatic nitrogens is 2. The van der Waals surface area contributed by atoms with Crippen LogP contribution >= 0.6 is 12.6 Å². The zero-order chi connectivity index (χ0) is 30.0. The Kier molecular flexibility index (Phi) is 7.10. The van der Waals surface area contributed by atoms with Crippen LogP contribution in [-0.2, 0) is 16.6 Å². The van der Waals surface area contributed by atoms with E-state index in [1.54, 1.807) is 29.9 Å². The number of ether oxygens (including phenoxy) is 1. The fourth-order valence-electron chi connectivity index (χ4n) is 9.01. The zero-order valence-corrected chi connectivity index (χ0v) is 25.0. The number of fused-ring (bicyclic) bond motifs is 5. The molecular formula is C32H38FN4O4S+. The number of benzene rings is 1. The molecule has 1 aromatic carbocycles. The van der Waals surface area contributed by atoms with E-state index in [9.17, 15) is 19.1 Å². The van der Waals surface area contributed by atoms with Crippen LogP contribution in [0.5, 0.6) is 0 Å². The molecule has 0 bridgehead atoms. The predicted octanol–water partition coefficient (Wildman–Crippen LogP) is 4.25. The molecule has 0 saturated heterocycles. The SMILES string of the molecule is Cn1cnc(C(=O)O[C@]2(C(=O)S)CC[C@H]3[C@@H]4CCC5=CC([NH2+]c6ccc(F)cc6)=C(C=N)C[C@]5(C)C4[C@@H](O)C[C@@]32C)c1. The highest BCUT2D eigenvalue weighted by Crippen LogP contribution is 2.68. The van der Waals surface area contributed by atoms with Crippen LogP contribution in [0.2, 0.25) is 0 Å². The van der Waals surface area contributed by atoms with E-state index in [0.717, 1.165) is 29.8 Å². The molecule has 7 atom stereocenters. The Labute approximate surface area is 250 Å². The summed E-state index contributed by atoms with van der Waals surface area (Å²) >= 11 is 4.27. The second-order valence-electron chi connectivity index (χ2n) is 13.1. The molecule has 0 aliphatic heterocycles. The quantitative estimate of drug-likeness (QED) is 0.173. The van der Waals surface area contributed by atoms with Crippen LogP contribution in [0, 0.1) is 39.8 Å². The molecule has 222 valence electrons. The van der Waals surface area contributed by atoms with E-state index in [1.807, 2.05) is 12.2 Å². The van der Waals surface area contributed by atoms with Crippen LogP contribution in [0.25, 0.3) is 0 Å². The summed E-state index contributed by atoms with van der Waals surface area (Å²) in [7, 11) is 1.76. The van der Waals surface area contributed by atoms with Crippen molar-refractivity contribution in [2.75, 3.05) is 0 Å². The largest absolute Gasteiger partial charge is 0.445 e. The first-order valence-electron chi connectivity index (χ1n) is 14.6. The number of aliphatic hydroxyl groups excluding tert-OH is 1. The van der Waals surface area contributed by atoms with Crippen molar-refractivity contribution in [3.8, 4) is 0 Å². The molecule has 4 aliphatic carbocycles. The van der Waals surface area contributed by atoms with Crippen LogP contribution in [0.15, 0.2) is 59.7 Å². The predicted molar refractivity (Wildman–Crippen MR) is 158 cm³/mol. The maximum atomic E-state index is 13.5. The molecule has 6 rings (SSSR count). The second-order valence-corrected chi connectivity index (χ2v) is 13.5. The van der Waals surface area contributed by atoms with E-state index in [2.05, 4.69) is 30.6 Å². The topological polar surface area (TPSA) is 122 Å². The van der Waals surface area contributed by atoms with Crippen molar-refractivity contribution in [2.24, 2.45) is 35.6 Å². The highest BCUT2D eigenvalue weighted by atomic mass is 32.1. The first-order chi connectivity index (χ1) is 19.9. The van der Waals surface area contributed by atoms with E-state index in [4.69, 9.17) is 10.1 Å². The molecule has 3 saturated carbocycles. The van der Waals surface area contributed by atoms with Crippen molar-refractivity contribution in [2.45, 2.75) is 64.1 Å². The van der Waals surface area contributed by atoms with Gasteiger partial charge in [-0.15, -0.1) is 12.6 Å². The number of rotatable bonds is 6. The van der Waals surface area contributed by atoms with Gasteiger partial charge < -0.3 is 19.8 Å². The number of aryl methyl sites for hydroxylation is 1. The normalized spacial score (nSPS) is 35.5. The number of quaternary nitrogens is 1. The number of thiol groups is 1. The van der Waals surface area contributed by atoms with Crippen molar-refractivity contribution in [1.82, 2.24) is 9.55 Å². The van der Waals surface area contributed by atoms with Crippen LogP contribution in [0.4, 0.5) is 10.1 Å². The molecule has 4 aliphatic rings. The fraction of sp³-hybridized carbons (Fsp3) is 0.500. The maximum absolute atomic E-state index is 13.5. The van der Waals surface area contributed by atoms with Gasteiger partial charge in [-0.2, -0.15) is 0 Å². The summed E-state index contributed by atoms with van der Waals surface area (Å²) in [6, 6.07) is 6.33. The van der Waals surface area contributed by atoms with Crippen molar-refractivity contribution in [3.63, 3.8) is 0 Å². The van der Waals surface area contributed by atoms with Gasteiger partial charge in [-0.3, -0.25) is 10.1 Å². The van der Waals surface area contributed by atoms with Crippen LogP contribution in [0.1, 0.15) is 62.9 Å². The fourth-order valence-corrected chi connectivity index (χ4v) is 9.42. The number of hydrogen-bond acceptors (Lipinski definition) is 6. The molecule has 3 fully saturated rings. The Bertz CT molecular complexity index is 1520. The van der Waals surface area contributed by atoms with Crippen molar-refractivity contribution in [3.05, 3.63) is 71.2 Å². The van der Waals surface area contributed by atoms with E-state index in [0.29, 0.717) is 25.7 Å². The Hall–Kier alpha value is -3.08. The molecule has 1 unspecified atom stereocenters. The smallest absolute Gasteiger partial charge is 0.359 e. The molecule has 8 nitrogen and oxygen atoms in total. The summed E-state index contributed by atoms with van der Waals surface area (Å²) < 4.78 is 21.2. The zero-order valence-electron chi connectivity index (χ0n) is 24.1. The van der Waals surface area contributed by atoms with E-state index in [-0.39, 0.29) is 34.7 Å². The lowest BCUT2D eigenvalue weighted by atomic mass is 9.45. The first kappa shape index (κ1) is 29.0.